The summed E-state index contributed by atoms with van der Waals surface area (Å²) in [4.78, 5) is 98.7. The Labute approximate surface area is 421 Å². The number of Topliss-reactive ketones (excluding diaryl/α,β-unsaturated/α-hetero) is 1. The molecule has 0 aromatic heterocycles. The van der Waals surface area contributed by atoms with Gasteiger partial charge in [-0.15, -0.1) is 10.1 Å². The first-order chi connectivity index (χ1) is 34.5. The molecule has 1 heterocycles. The SMILES string of the molecule is CC1=C2[C@@H](C)C(=O)[C@@]3(C)C([C@H](OC(=O)c4ccccc4)[C@](O)(C[C@@H]1OC(=O)[C@H](OC(=O)OC/C=C\COC(=O)OC(C)O[N+](=O)[O-])[C@@H](NC(=O)c1ccccc1)c1ccccc1)C2(C)C)[C@]1(C)CO[C@@H]1C[C@@H]3O. The van der Waals surface area contributed by atoms with E-state index >= 15 is 9.59 Å². The van der Waals surface area contributed by atoms with Crippen LogP contribution in [0.3, 0.4) is 0 Å². The highest BCUT2D eigenvalue weighted by molar-refractivity contribution is 5.95. The lowest BCUT2D eigenvalue weighted by Crippen LogP contribution is -2.77. The molecule has 0 radical (unpaired) electrons. The molecule has 2 bridgehead atoms. The van der Waals surface area contributed by atoms with E-state index in [4.69, 9.17) is 28.4 Å². The minimum absolute atomic E-state index is 0.126. The van der Waals surface area contributed by atoms with Crippen LogP contribution >= 0.6 is 0 Å². The van der Waals surface area contributed by atoms with Gasteiger partial charge in [0.1, 0.15) is 42.8 Å². The van der Waals surface area contributed by atoms with Crippen LogP contribution in [0.1, 0.15) is 93.6 Å². The predicted molar refractivity (Wildman–Crippen MR) is 254 cm³/mol. The summed E-state index contributed by atoms with van der Waals surface area (Å²) in [6, 6.07) is 22.9. The summed E-state index contributed by atoms with van der Waals surface area (Å²) in [6.07, 6.45) is -8.71. The van der Waals surface area contributed by atoms with Crippen molar-refractivity contribution >= 4 is 35.9 Å². The van der Waals surface area contributed by atoms with Crippen LogP contribution < -0.4 is 5.32 Å². The molecule has 0 spiro atoms. The zero-order chi connectivity index (χ0) is 53.0. The van der Waals surface area contributed by atoms with Crippen LogP contribution in [0, 0.1) is 38.2 Å². The molecule has 4 aliphatic rings. The summed E-state index contributed by atoms with van der Waals surface area (Å²) in [7, 11) is 0. The van der Waals surface area contributed by atoms with Gasteiger partial charge in [0, 0.05) is 41.1 Å². The summed E-state index contributed by atoms with van der Waals surface area (Å²) in [5.41, 5.74) is -4.53. The van der Waals surface area contributed by atoms with Crippen LogP contribution in [0.4, 0.5) is 9.59 Å². The second-order valence-electron chi connectivity index (χ2n) is 19.7. The van der Waals surface area contributed by atoms with Crippen molar-refractivity contribution in [3.8, 4) is 0 Å². The molecule has 20 nitrogen and oxygen atoms in total. The first kappa shape index (κ1) is 53.6. The molecule has 390 valence electrons. The number of aliphatic hydroxyl groups excluding tert-OH is 1. The van der Waals surface area contributed by atoms with E-state index in [9.17, 15) is 39.5 Å². The zero-order valence-electron chi connectivity index (χ0n) is 41.4. The van der Waals surface area contributed by atoms with Crippen LogP contribution in [0.5, 0.6) is 0 Å². The fourth-order valence-corrected chi connectivity index (χ4v) is 11.4. The fraction of sp³-hybridized carbons (Fsp3) is 0.472. The summed E-state index contributed by atoms with van der Waals surface area (Å²) >= 11 is 0. The van der Waals surface area contributed by atoms with Gasteiger partial charge in [-0.05, 0) is 73.9 Å². The monoisotopic (exact) mass is 1010 g/mol. The van der Waals surface area contributed by atoms with Gasteiger partial charge in [0.05, 0.1) is 29.8 Å². The Kier molecular flexibility index (Phi) is 15.8. The van der Waals surface area contributed by atoms with Gasteiger partial charge in [-0.2, -0.15) is 0 Å². The number of nitrogens with zero attached hydrogens (tertiary/aromatic N) is 1. The number of ketones is 1. The number of ether oxygens (including phenoxy) is 7. The second kappa shape index (κ2) is 21.5. The molecule has 1 aliphatic heterocycles. The van der Waals surface area contributed by atoms with Crippen LogP contribution in [0.15, 0.2) is 114 Å². The van der Waals surface area contributed by atoms with E-state index in [1.807, 2.05) is 6.92 Å². The molecule has 3 aromatic carbocycles. The third kappa shape index (κ3) is 10.5. The van der Waals surface area contributed by atoms with Gasteiger partial charge in [-0.3, -0.25) is 14.4 Å². The highest BCUT2D eigenvalue weighted by Crippen LogP contribution is 2.66. The van der Waals surface area contributed by atoms with Crippen LogP contribution in [-0.2, 0) is 47.6 Å². The predicted octanol–water partition coefficient (Wildman–Crippen LogP) is 6.57. The minimum atomic E-state index is -2.14. The molecular weight excluding hydrogens is 953 g/mol. The lowest BCUT2D eigenvalue weighted by Gasteiger charge is -2.68. The minimum Gasteiger partial charge on any atom is -0.455 e. The normalized spacial score (nSPS) is 29.2. The Morgan fingerprint density at radius 2 is 1.42 bits per heavy atom. The summed E-state index contributed by atoms with van der Waals surface area (Å²) < 4.78 is 39.3. The third-order valence-corrected chi connectivity index (χ3v) is 15.1. The van der Waals surface area contributed by atoms with E-state index < -0.39 is 131 Å². The van der Waals surface area contributed by atoms with Crippen LogP contribution in [0.2, 0.25) is 0 Å². The van der Waals surface area contributed by atoms with Gasteiger partial charge in [-0.1, -0.05) is 94.4 Å². The number of fused-ring (bicyclic) bond motifs is 5. The van der Waals surface area contributed by atoms with E-state index in [0.29, 0.717) is 16.7 Å². The second-order valence-corrected chi connectivity index (χ2v) is 19.7. The summed E-state index contributed by atoms with van der Waals surface area (Å²) in [5.74, 6) is -5.04. The molecule has 3 N–H and O–H groups in total. The number of carbonyl (C=O) groups is 6. The van der Waals surface area contributed by atoms with Crippen molar-refractivity contribution in [1.82, 2.24) is 5.32 Å². The Morgan fingerprint density at radius 3 is 1.99 bits per heavy atom. The molecule has 3 aromatic rings. The number of aliphatic hydroxyl groups is 2. The van der Waals surface area contributed by atoms with E-state index in [0.717, 1.165) is 6.92 Å². The maximum Gasteiger partial charge on any atom is 0.510 e. The molecule has 3 fully saturated rings. The van der Waals surface area contributed by atoms with Gasteiger partial charge < -0.3 is 48.7 Å². The molecule has 20 heteroatoms. The number of carbonyl (C=O) groups excluding carboxylic acids is 6. The average molecular weight is 1010 g/mol. The Hall–Kier alpha value is -7.16. The van der Waals surface area contributed by atoms with Crippen molar-refractivity contribution in [1.29, 1.82) is 0 Å². The maximum absolute atomic E-state index is 15.4. The van der Waals surface area contributed by atoms with Crippen LogP contribution in [-0.4, -0.2) is 113 Å². The van der Waals surface area contributed by atoms with Gasteiger partial charge in [-0.25, -0.2) is 19.2 Å². The van der Waals surface area contributed by atoms with Gasteiger partial charge >= 0.3 is 24.2 Å². The molecule has 1 amide bonds. The van der Waals surface area contributed by atoms with Crippen molar-refractivity contribution in [2.24, 2.45) is 28.1 Å². The van der Waals surface area contributed by atoms with E-state index in [1.165, 1.54) is 12.2 Å². The first-order valence-corrected chi connectivity index (χ1v) is 23.8. The van der Waals surface area contributed by atoms with E-state index in [2.05, 4.69) is 14.9 Å². The van der Waals surface area contributed by atoms with Gasteiger partial charge in [0.15, 0.2) is 0 Å². The van der Waals surface area contributed by atoms with Crippen molar-refractivity contribution in [2.45, 2.75) is 110 Å². The van der Waals surface area contributed by atoms with E-state index in [-0.39, 0.29) is 29.9 Å². The highest BCUT2D eigenvalue weighted by Gasteiger charge is 2.75. The zero-order valence-corrected chi connectivity index (χ0v) is 41.4. The van der Waals surface area contributed by atoms with Crippen molar-refractivity contribution in [3.63, 3.8) is 0 Å². The number of amides is 1. The lowest BCUT2D eigenvalue weighted by atomic mass is 9.41. The lowest BCUT2D eigenvalue weighted by molar-refractivity contribution is -0.777. The van der Waals surface area contributed by atoms with Crippen molar-refractivity contribution < 1.29 is 82.1 Å². The number of hydrogen-bond donors (Lipinski definition) is 3. The maximum atomic E-state index is 15.4. The van der Waals surface area contributed by atoms with Crippen molar-refractivity contribution in [2.75, 3.05) is 19.8 Å². The standard InChI is InChI=1S/C53H60N2O18/c1-30-36(28-53(63)44(72-46(59)35-23-15-10-16-24-35)42-51(6)29-68-38(51)27-37(56)52(42,7)43(57)31(2)39(30)50(53,4)5)70-47(60)41(40(33-19-11-8-12-20-33)54-45(58)34-21-13-9-14-22-34)71-49(62)67-26-18-17-25-66-48(61)69-32(3)73-55(64)65/h8-24,31-32,36-38,40-42,44,56,63H,25-29H2,1-7H3,(H,54,58)/b18-17-/t31-,32?,36+,37+,38-,40+,41-,42?,44+,51-,52-,53-/m1/s1. The molecule has 2 saturated carbocycles. The number of hydrogen-bond acceptors (Lipinski definition) is 18. The Bertz CT molecular complexity index is 2630. The molecular formula is C53H60N2O18. The van der Waals surface area contributed by atoms with Crippen LogP contribution in [0.25, 0.3) is 0 Å². The number of esters is 2. The quantitative estimate of drug-likeness (QED) is 0.0342. The smallest absolute Gasteiger partial charge is 0.455 e. The highest BCUT2D eigenvalue weighted by atomic mass is 17.0. The third-order valence-electron chi connectivity index (χ3n) is 15.1. The Morgan fingerprint density at radius 1 is 0.863 bits per heavy atom. The summed E-state index contributed by atoms with van der Waals surface area (Å²) in [6.45, 7) is 10.7. The molecule has 2 unspecified atom stereocenters. The van der Waals surface area contributed by atoms with Gasteiger partial charge in [0.25, 0.3) is 11.0 Å². The topological polar surface area (TPSA) is 272 Å². The number of rotatable bonds is 16. The number of nitrogens with one attached hydrogen (secondary N) is 1. The van der Waals surface area contributed by atoms with Crippen molar-refractivity contribution in [3.05, 3.63) is 141 Å². The molecule has 3 aliphatic carbocycles. The van der Waals surface area contributed by atoms with Gasteiger partial charge in [0.2, 0.25) is 12.4 Å². The van der Waals surface area contributed by atoms with E-state index in [1.54, 1.807) is 126 Å². The molecule has 7 rings (SSSR count). The Balaban J connectivity index is 1.25. The molecule has 12 atom stereocenters. The first-order valence-electron chi connectivity index (χ1n) is 23.8. The largest absolute Gasteiger partial charge is 0.510 e. The fourth-order valence-electron chi connectivity index (χ4n) is 11.4. The number of benzene rings is 3. The molecule has 1 saturated heterocycles. The molecule has 73 heavy (non-hydrogen) atoms. The summed E-state index contributed by atoms with van der Waals surface area (Å²) in [5, 5.41) is 37.9. The average Bonchev–Trinajstić information content (AvgIpc) is 3.35.